The number of nitrogens with zero attached hydrogens (tertiary/aromatic N) is 2. The van der Waals surface area contributed by atoms with Crippen LogP contribution in [-0.2, 0) is 22.6 Å². The first-order valence-corrected chi connectivity index (χ1v) is 8.06. The van der Waals surface area contributed by atoms with Crippen LogP contribution in [0.1, 0.15) is 17.7 Å². The first-order valence-electron chi connectivity index (χ1n) is 8.06. The molecule has 128 valence electrons. The fourth-order valence-electron chi connectivity index (χ4n) is 2.49. The van der Waals surface area contributed by atoms with Crippen LogP contribution in [0.25, 0.3) is 11.0 Å². The Bertz CT molecular complexity index is 860. The molecule has 0 aliphatic heterocycles. The van der Waals surface area contributed by atoms with Crippen LogP contribution in [0.3, 0.4) is 0 Å². The number of aromatic amines is 1. The largest absolute Gasteiger partial charge is 0.355 e. The Kier molecular flexibility index (Phi) is 5.36. The first kappa shape index (κ1) is 16.6. The van der Waals surface area contributed by atoms with E-state index >= 15 is 0 Å². The minimum atomic E-state index is -0.123. The van der Waals surface area contributed by atoms with Gasteiger partial charge in [-0.1, -0.05) is 6.07 Å². The normalized spacial score (nSPS) is 10.6. The zero-order valence-corrected chi connectivity index (χ0v) is 13.7. The number of nitrogens with one attached hydrogen (secondary N) is 3. The molecule has 3 N–H and O–H groups in total. The molecule has 3 aromatic heterocycles. The van der Waals surface area contributed by atoms with E-state index < -0.39 is 0 Å². The van der Waals surface area contributed by atoms with Crippen molar-refractivity contribution in [3.8, 4) is 0 Å². The van der Waals surface area contributed by atoms with Gasteiger partial charge in [0, 0.05) is 36.9 Å². The molecule has 0 aromatic carbocycles. The van der Waals surface area contributed by atoms with E-state index in [0.717, 1.165) is 22.3 Å². The molecule has 0 saturated heterocycles. The second-order valence-electron chi connectivity index (χ2n) is 5.59. The monoisotopic (exact) mass is 337 g/mol. The van der Waals surface area contributed by atoms with Gasteiger partial charge in [-0.15, -0.1) is 0 Å². The van der Waals surface area contributed by atoms with Crippen LogP contribution in [0.2, 0.25) is 0 Å². The van der Waals surface area contributed by atoms with Gasteiger partial charge in [0.2, 0.25) is 11.8 Å². The number of amides is 2. The van der Waals surface area contributed by atoms with Crippen molar-refractivity contribution in [1.82, 2.24) is 25.6 Å². The lowest BCUT2D eigenvalue weighted by Crippen LogP contribution is -2.31. The Labute approximate surface area is 144 Å². The van der Waals surface area contributed by atoms with Crippen molar-refractivity contribution in [2.45, 2.75) is 19.4 Å². The molecule has 0 fully saturated rings. The third-order valence-corrected chi connectivity index (χ3v) is 3.75. The van der Waals surface area contributed by atoms with Gasteiger partial charge in [0.05, 0.1) is 18.7 Å². The maximum absolute atomic E-state index is 12.0. The van der Waals surface area contributed by atoms with Gasteiger partial charge in [-0.2, -0.15) is 0 Å². The maximum Gasteiger partial charge on any atom is 0.224 e. The summed E-state index contributed by atoms with van der Waals surface area (Å²) in [5.41, 5.74) is 2.45. The summed E-state index contributed by atoms with van der Waals surface area (Å²) in [6, 6.07) is 9.30. The van der Waals surface area contributed by atoms with E-state index in [1.807, 2.05) is 30.3 Å². The number of aromatic nitrogens is 3. The Morgan fingerprint density at radius 1 is 1.00 bits per heavy atom. The Morgan fingerprint density at radius 2 is 1.88 bits per heavy atom. The highest BCUT2D eigenvalue weighted by Gasteiger charge is 2.09. The third-order valence-electron chi connectivity index (χ3n) is 3.75. The highest BCUT2D eigenvalue weighted by atomic mass is 16.2. The van der Waals surface area contributed by atoms with Crippen LogP contribution in [0.15, 0.2) is 48.9 Å². The molecule has 2 amide bonds. The van der Waals surface area contributed by atoms with Crippen LogP contribution in [0.4, 0.5) is 0 Å². The van der Waals surface area contributed by atoms with Crippen molar-refractivity contribution < 1.29 is 9.59 Å². The van der Waals surface area contributed by atoms with E-state index in [1.54, 1.807) is 18.6 Å². The standard InChI is InChI=1S/C18H19N5O2/c24-16(22-12-14-4-1-2-7-19-14)6-9-20-17(25)10-13-11-23-18-15(13)5-3-8-21-18/h1-5,7-8,11H,6,9-10,12H2,(H,20,25)(H,21,23)(H,22,24). The molecule has 0 unspecified atom stereocenters. The summed E-state index contributed by atoms with van der Waals surface area (Å²) in [6.07, 6.45) is 5.65. The summed E-state index contributed by atoms with van der Waals surface area (Å²) in [7, 11) is 0. The molecule has 3 aromatic rings. The number of rotatable bonds is 7. The molecule has 0 aliphatic rings. The zero-order chi connectivity index (χ0) is 17.5. The number of hydrogen-bond donors (Lipinski definition) is 3. The van der Waals surface area contributed by atoms with E-state index in [-0.39, 0.29) is 24.7 Å². The highest BCUT2D eigenvalue weighted by Crippen LogP contribution is 2.15. The number of fused-ring (bicyclic) bond motifs is 1. The van der Waals surface area contributed by atoms with E-state index in [1.165, 1.54) is 0 Å². The van der Waals surface area contributed by atoms with Crippen LogP contribution < -0.4 is 10.6 Å². The molecule has 25 heavy (non-hydrogen) atoms. The van der Waals surface area contributed by atoms with Gasteiger partial charge in [0.1, 0.15) is 5.65 Å². The maximum atomic E-state index is 12.0. The molecule has 0 bridgehead atoms. The fourth-order valence-corrected chi connectivity index (χ4v) is 2.49. The Hall–Kier alpha value is -3.22. The van der Waals surface area contributed by atoms with Gasteiger partial charge in [-0.25, -0.2) is 4.98 Å². The smallest absolute Gasteiger partial charge is 0.224 e. The lowest BCUT2D eigenvalue weighted by molar-refractivity contribution is -0.122. The number of H-pyrrole nitrogens is 1. The molecule has 7 heteroatoms. The van der Waals surface area contributed by atoms with Crippen molar-refractivity contribution in [2.24, 2.45) is 0 Å². The Balaban J connectivity index is 1.39. The summed E-state index contributed by atoms with van der Waals surface area (Å²) in [5, 5.41) is 6.48. The van der Waals surface area contributed by atoms with Crippen molar-refractivity contribution in [1.29, 1.82) is 0 Å². The predicted octanol–water partition coefficient (Wildman–Crippen LogP) is 1.32. The molecule has 0 saturated carbocycles. The second-order valence-corrected chi connectivity index (χ2v) is 5.59. The third kappa shape index (κ3) is 4.63. The van der Waals surface area contributed by atoms with Crippen LogP contribution in [0, 0.1) is 0 Å². The highest BCUT2D eigenvalue weighted by molar-refractivity contribution is 5.87. The molecule has 0 radical (unpaired) electrons. The van der Waals surface area contributed by atoms with Gasteiger partial charge in [-0.3, -0.25) is 14.6 Å². The van der Waals surface area contributed by atoms with Gasteiger partial charge in [0.15, 0.2) is 0 Å². The van der Waals surface area contributed by atoms with Crippen LogP contribution in [0.5, 0.6) is 0 Å². The zero-order valence-electron chi connectivity index (χ0n) is 13.7. The second kappa shape index (κ2) is 8.05. The number of carbonyl (C=O) groups is 2. The van der Waals surface area contributed by atoms with Crippen LogP contribution in [-0.4, -0.2) is 33.3 Å². The van der Waals surface area contributed by atoms with Crippen molar-refractivity contribution in [3.63, 3.8) is 0 Å². The van der Waals surface area contributed by atoms with Crippen molar-refractivity contribution >= 4 is 22.8 Å². The summed E-state index contributed by atoms with van der Waals surface area (Å²) >= 11 is 0. The quantitative estimate of drug-likeness (QED) is 0.605. The van der Waals surface area contributed by atoms with E-state index in [4.69, 9.17) is 0 Å². The summed E-state index contributed by atoms with van der Waals surface area (Å²) in [6.45, 7) is 0.684. The predicted molar refractivity (Wildman–Crippen MR) is 93.5 cm³/mol. The minimum absolute atomic E-state index is 0.123. The Morgan fingerprint density at radius 3 is 2.72 bits per heavy atom. The van der Waals surface area contributed by atoms with Crippen molar-refractivity contribution in [3.05, 3.63) is 60.2 Å². The van der Waals surface area contributed by atoms with Crippen LogP contribution >= 0.6 is 0 Å². The van der Waals surface area contributed by atoms with Crippen molar-refractivity contribution in [2.75, 3.05) is 6.54 Å². The summed E-state index contributed by atoms with van der Waals surface area (Å²) in [5.74, 6) is -0.246. The number of hydrogen-bond acceptors (Lipinski definition) is 4. The van der Waals surface area contributed by atoms with E-state index in [0.29, 0.717) is 13.1 Å². The average molecular weight is 337 g/mol. The summed E-state index contributed by atoms with van der Waals surface area (Å²) < 4.78 is 0. The van der Waals surface area contributed by atoms with E-state index in [2.05, 4.69) is 25.6 Å². The lowest BCUT2D eigenvalue weighted by atomic mass is 10.1. The molecule has 0 aliphatic carbocycles. The minimum Gasteiger partial charge on any atom is -0.355 e. The molecule has 3 heterocycles. The topological polar surface area (TPSA) is 99.8 Å². The molecule has 0 atom stereocenters. The molecular formula is C18H19N5O2. The SMILES string of the molecule is O=C(CCNC(=O)Cc1c[nH]c2ncccc12)NCc1ccccn1. The van der Waals surface area contributed by atoms with E-state index in [9.17, 15) is 9.59 Å². The average Bonchev–Trinajstić information content (AvgIpc) is 3.04. The van der Waals surface area contributed by atoms with Gasteiger partial charge in [-0.05, 0) is 29.8 Å². The lowest BCUT2D eigenvalue weighted by Gasteiger charge is -2.06. The van der Waals surface area contributed by atoms with Gasteiger partial charge in [0.25, 0.3) is 0 Å². The molecule has 7 nitrogen and oxygen atoms in total. The molecule has 3 rings (SSSR count). The number of carbonyl (C=O) groups excluding carboxylic acids is 2. The fraction of sp³-hybridized carbons (Fsp3) is 0.222. The molecule has 0 spiro atoms. The van der Waals surface area contributed by atoms with Gasteiger partial charge < -0.3 is 15.6 Å². The number of pyridine rings is 2. The van der Waals surface area contributed by atoms with Gasteiger partial charge >= 0.3 is 0 Å². The first-order chi connectivity index (χ1) is 12.2. The summed E-state index contributed by atoms with van der Waals surface area (Å²) in [4.78, 5) is 35.2. The molecular weight excluding hydrogens is 318 g/mol.